The fraction of sp³-hybridized carbons (Fsp3) is 0. The number of hydrogen-bond acceptors (Lipinski definition) is 1. The summed E-state index contributed by atoms with van der Waals surface area (Å²) in [6.45, 7) is 0. The van der Waals surface area contributed by atoms with Gasteiger partial charge in [0, 0.05) is 0 Å². The summed E-state index contributed by atoms with van der Waals surface area (Å²) in [6.07, 6.45) is 4.87. The Balaban J connectivity index is 3.40. The molecule has 0 bridgehead atoms. The zero-order chi connectivity index (χ0) is 8.43. The van der Waals surface area contributed by atoms with Crippen molar-refractivity contribution in [1.29, 1.82) is 0 Å². The van der Waals surface area contributed by atoms with E-state index in [1.54, 1.807) is 0 Å². The van der Waals surface area contributed by atoms with Crippen molar-refractivity contribution in [3.63, 3.8) is 0 Å². The predicted molar refractivity (Wildman–Crippen MR) is 38.7 cm³/mol. The number of nitrogen functional groups attached to an aromatic ring is 1. The van der Waals surface area contributed by atoms with Crippen LogP contribution in [0.2, 0.25) is 0 Å². The van der Waals surface area contributed by atoms with Gasteiger partial charge in [0.1, 0.15) is 0 Å². The molecule has 0 aliphatic rings. The van der Waals surface area contributed by atoms with Crippen LogP contribution in [0.1, 0.15) is 5.56 Å². The molecule has 0 heterocycles. The SMILES string of the molecule is C#Cc1ccc(N)c(F)c1F. The molecule has 1 aromatic rings. The predicted octanol–water partition coefficient (Wildman–Crippen LogP) is 1.53. The van der Waals surface area contributed by atoms with Crippen LogP contribution in [0.4, 0.5) is 14.5 Å². The lowest BCUT2D eigenvalue weighted by Gasteiger charge is -1.98. The lowest BCUT2D eigenvalue weighted by Crippen LogP contribution is -1.96. The summed E-state index contributed by atoms with van der Waals surface area (Å²) in [6, 6.07) is 2.49. The quantitative estimate of drug-likeness (QED) is 0.444. The molecule has 11 heavy (non-hydrogen) atoms. The Morgan fingerprint density at radius 3 is 2.45 bits per heavy atom. The van der Waals surface area contributed by atoms with Crippen molar-refractivity contribution < 1.29 is 8.78 Å². The van der Waals surface area contributed by atoms with E-state index < -0.39 is 11.6 Å². The molecule has 0 unspecified atom stereocenters. The third-order valence-corrected chi connectivity index (χ3v) is 1.27. The number of rotatable bonds is 0. The fourth-order valence-corrected chi connectivity index (χ4v) is 0.676. The van der Waals surface area contributed by atoms with Gasteiger partial charge in [-0.1, -0.05) is 5.92 Å². The fourth-order valence-electron chi connectivity index (χ4n) is 0.676. The van der Waals surface area contributed by atoms with Gasteiger partial charge in [-0.3, -0.25) is 0 Å². The lowest BCUT2D eigenvalue weighted by molar-refractivity contribution is 0.510. The Hall–Kier alpha value is -1.56. The number of terminal acetylenes is 1. The highest BCUT2D eigenvalue weighted by Gasteiger charge is 2.08. The van der Waals surface area contributed by atoms with Gasteiger partial charge in [0.2, 0.25) is 0 Å². The number of hydrogen-bond donors (Lipinski definition) is 1. The lowest BCUT2D eigenvalue weighted by atomic mass is 10.2. The summed E-state index contributed by atoms with van der Waals surface area (Å²) in [4.78, 5) is 0. The summed E-state index contributed by atoms with van der Waals surface area (Å²) in [5, 5.41) is 0. The topological polar surface area (TPSA) is 26.0 Å². The van der Waals surface area contributed by atoms with Crippen molar-refractivity contribution in [3.05, 3.63) is 29.3 Å². The van der Waals surface area contributed by atoms with E-state index in [1.807, 2.05) is 5.92 Å². The second-order valence-corrected chi connectivity index (χ2v) is 1.97. The summed E-state index contributed by atoms with van der Waals surface area (Å²) >= 11 is 0. The van der Waals surface area contributed by atoms with Crippen LogP contribution < -0.4 is 5.73 Å². The molecule has 56 valence electrons. The van der Waals surface area contributed by atoms with E-state index in [1.165, 1.54) is 12.1 Å². The maximum Gasteiger partial charge on any atom is 0.182 e. The molecular weight excluding hydrogens is 148 g/mol. The molecule has 0 radical (unpaired) electrons. The largest absolute Gasteiger partial charge is 0.396 e. The second-order valence-electron chi connectivity index (χ2n) is 1.97. The van der Waals surface area contributed by atoms with Crippen LogP contribution in [-0.4, -0.2) is 0 Å². The summed E-state index contributed by atoms with van der Waals surface area (Å²) in [5.41, 5.74) is 4.71. The van der Waals surface area contributed by atoms with Gasteiger partial charge < -0.3 is 5.73 Å². The Morgan fingerprint density at radius 2 is 1.91 bits per heavy atom. The minimum Gasteiger partial charge on any atom is -0.396 e. The van der Waals surface area contributed by atoms with Gasteiger partial charge in [-0.15, -0.1) is 6.42 Å². The molecule has 0 aliphatic heterocycles. The summed E-state index contributed by atoms with van der Waals surface area (Å²) in [5.74, 6) is -0.153. The van der Waals surface area contributed by atoms with Gasteiger partial charge in [0.05, 0.1) is 11.3 Å². The minimum atomic E-state index is -1.08. The van der Waals surface area contributed by atoms with Gasteiger partial charge in [-0.25, -0.2) is 8.78 Å². The second kappa shape index (κ2) is 2.59. The van der Waals surface area contributed by atoms with E-state index in [0.717, 1.165) is 0 Å². The third kappa shape index (κ3) is 1.15. The van der Waals surface area contributed by atoms with Gasteiger partial charge in [0.25, 0.3) is 0 Å². The van der Waals surface area contributed by atoms with Crippen LogP contribution in [0.5, 0.6) is 0 Å². The average molecular weight is 153 g/mol. The van der Waals surface area contributed by atoms with Crippen LogP contribution >= 0.6 is 0 Å². The molecule has 1 aromatic carbocycles. The number of halogens is 2. The van der Waals surface area contributed by atoms with Crippen LogP contribution in [0, 0.1) is 24.0 Å². The van der Waals surface area contributed by atoms with E-state index >= 15 is 0 Å². The summed E-state index contributed by atoms with van der Waals surface area (Å²) in [7, 11) is 0. The van der Waals surface area contributed by atoms with Gasteiger partial charge in [-0.2, -0.15) is 0 Å². The van der Waals surface area contributed by atoms with Crippen LogP contribution in [0.25, 0.3) is 0 Å². The Bertz CT molecular complexity index is 326. The van der Waals surface area contributed by atoms with Gasteiger partial charge in [0.15, 0.2) is 11.6 Å². The van der Waals surface area contributed by atoms with Crippen molar-refractivity contribution in [2.24, 2.45) is 0 Å². The van der Waals surface area contributed by atoms with E-state index in [2.05, 4.69) is 0 Å². The van der Waals surface area contributed by atoms with Crippen LogP contribution in [-0.2, 0) is 0 Å². The zero-order valence-electron chi connectivity index (χ0n) is 5.57. The van der Waals surface area contributed by atoms with E-state index in [0.29, 0.717) is 0 Å². The molecule has 0 amide bonds. The Labute approximate surface area is 62.8 Å². The highest BCUT2D eigenvalue weighted by molar-refractivity contribution is 5.46. The maximum atomic E-state index is 12.7. The first-order chi connectivity index (χ1) is 5.16. The van der Waals surface area contributed by atoms with Gasteiger partial charge >= 0.3 is 0 Å². The monoisotopic (exact) mass is 153 g/mol. The van der Waals surface area contributed by atoms with Crippen LogP contribution in [0.15, 0.2) is 12.1 Å². The summed E-state index contributed by atoms with van der Waals surface area (Å²) < 4.78 is 25.2. The number of benzene rings is 1. The van der Waals surface area contributed by atoms with Crippen molar-refractivity contribution >= 4 is 5.69 Å². The van der Waals surface area contributed by atoms with Crippen molar-refractivity contribution in [1.82, 2.24) is 0 Å². The molecule has 0 spiro atoms. The zero-order valence-corrected chi connectivity index (χ0v) is 5.57. The molecule has 0 aromatic heterocycles. The first-order valence-electron chi connectivity index (χ1n) is 2.87. The van der Waals surface area contributed by atoms with Gasteiger partial charge in [-0.05, 0) is 12.1 Å². The Kier molecular flexibility index (Phi) is 1.77. The first-order valence-corrected chi connectivity index (χ1v) is 2.87. The molecular formula is C8H5F2N. The van der Waals surface area contributed by atoms with Crippen molar-refractivity contribution in [2.45, 2.75) is 0 Å². The molecule has 0 fully saturated rings. The standard InChI is InChI=1S/C8H5F2N/c1-2-5-3-4-6(11)8(10)7(5)9/h1,3-4H,11H2. The molecule has 0 atom stereocenters. The third-order valence-electron chi connectivity index (χ3n) is 1.27. The molecule has 1 nitrogen and oxygen atoms in total. The normalized spacial score (nSPS) is 9.18. The molecule has 2 N–H and O–H groups in total. The van der Waals surface area contributed by atoms with Crippen molar-refractivity contribution in [3.8, 4) is 12.3 Å². The Morgan fingerprint density at radius 1 is 1.27 bits per heavy atom. The highest BCUT2D eigenvalue weighted by Crippen LogP contribution is 2.16. The van der Waals surface area contributed by atoms with E-state index in [-0.39, 0.29) is 11.3 Å². The molecule has 3 heteroatoms. The number of anilines is 1. The molecule has 1 rings (SSSR count). The smallest absolute Gasteiger partial charge is 0.182 e. The molecule has 0 aliphatic carbocycles. The van der Waals surface area contributed by atoms with E-state index in [9.17, 15) is 8.78 Å². The number of nitrogens with two attached hydrogens (primary N) is 1. The molecule has 0 saturated carbocycles. The highest BCUT2D eigenvalue weighted by atomic mass is 19.2. The maximum absolute atomic E-state index is 12.7. The van der Waals surface area contributed by atoms with Crippen molar-refractivity contribution in [2.75, 3.05) is 5.73 Å². The first kappa shape index (κ1) is 7.55. The molecule has 0 saturated heterocycles. The minimum absolute atomic E-state index is 0.114. The van der Waals surface area contributed by atoms with E-state index in [4.69, 9.17) is 12.2 Å². The average Bonchev–Trinajstić information content (AvgIpc) is 2.01. The van der Waals surface area contributed by atoms with Crippen LogP contribution in [0.3, 0.4) is 0 Å².